The molecule has 1 aliphatic rings. The fraction of sp³-hybridized carbons (Fsp3) is 0.154. The van der Waals surface area contributed by atoms with Gasteiger partial charge in [-0.2, -0.15) is 0 Å². The zero-order valence-electron chi connectivity index (χ0n) is 8.68. The highest BCUT2D eigenvalue weighted by atomic mass is 35.5. The number of benzene rings is 1. The molecule has 0 radical (unpaired) electrons. The van der Waals surface area contributed by atoms with Gasteiger partial charge in [0, 0.05) is 29.6 Å². The number of anilines is 1. The van der Waals surface area contributed by atoms with Crippen LogP contribution in [0.15, 0.2) is 48.8 Å². The molecule has 2 heterocycles. The van der Waals surface area contributed by atoms with Crippen molar-refractivity contribution in [2.75, 3.05) is 11.4 Å². The number of pyridine rings is 1. The second-order valence-corrected chi connectivity index (χ2v) is 4.36. The van der Waals surface area contributed by atoms with Crippen molar-refractivity contribution in [3.63, 3.8) is 0 Å². The van der Waals surface area contributed by atoms with Crippen LogP contribution in [0, 0.1) is 0 Å². The van der Waals surface area contributed by atoms with E-state index in [0.29, 0.717) is 6.04 Å². The van der Waals surface area contributed by atoms with Gasteiger partial charge in [0.1, 0.15) is 0 Å². The monoisotopic (exact) mass is 230 g/mol. The van der Waals surface area contributed by atoms with E-state index in [0.717, 1.165) is 11.6 Å². The lowest BCUT2D eigenvalue weighted by atomic mass is 10.2. The zero-order valence-corrected chi connectivity index (χ0v) is 9.43. The van der Waals surface area contributed by atoms with Crippen LogP contribution in [0.1, 0.15) is 11.6 Å². The molecule has 1 saturated heterocycles. The van der Waals surface area contributed by atoms with Gasteiger partial charge in [-0.3, -0.25) is 4.98 Å². The van der Waals surface area contributed by atoms with E-state index >= 15 is 0 Å². The van der Waals surface area contributed by atoms with E-state index in [-0.39, 0.29) is 0 Å². The second kappa shape index (κ2) is 3.80. The Morgan fingerprint density at radius 2 is 1.75 bits per heavy atom. The minimum absolute atomic E-state index is 0.504. The second-order valence-electron chi connectivity index (χ2n) is 3.93. The molecule has 0 N–H and O–H groups in total. The standard InChI is InChI=1S/C13H11ClN2/c14-11-1-3-12(4-2-11)16-9-13(16)10-5-7-15-8-6-10/h1-8,13H,9H2/t13-,16?/m0/s1. The molecule has 0 spiro atoms. The van der Waals surface area contributed by atoms with E-state index in [1.165, 1.54) is 11.3 Å². The molecule has 2 aromatic rings. The first-order valence-corrected chi connectivity index (χ1v) is 5.64. The molecule has 16 heavy (non-hydrogen) atoms. The van der Waals surface area contributed by atoms with Gasteiger partial charge >= 0.3 is 0 Å². The van der Waals surface area contributed by atoms with Crippen molar-refractivity contribution in [2.24, 2.45) is 0 Å². The third-order valence-corrected chi connectivity index (χ3v) is 3.11. The lowest BCUT2D eigenvalue weighted by Gasteiger charge is -2.05. The number of aromatic nitrogens is 1. The number of halogens is 1. The Balaban J connectivity index is 1.79. The van der Waals surface area contributed by atoms with Gasteiger partial charge in [-0.15, -0.1) is 0 Å². The van der Waals surface area contributed by atoms with Crippen molar-refractivity contribution >= 4 is 17.3 Å². The normalized spacial score (nSPS) is 18.6. The van der Waals surface area contributed by atoms with Crippen molar-refractivity contribution in [1.82, 2.24) is 4.98 Å². The Labute approximate surface area is 99.5 Å². The van der Waals surface area contributed by atoms with Crippen LogP contribution in [0.25, 0.3) is 0 Å². The summed E-state index contributed by atoms with van der Waals surface area (Å²) in [5.41, 5.74) is 2.55. The molecule has 1 atom stereocenters. The van der Waals surface area contributed by atoms with Crippen LogP contribution >= 0.6 is 11.6 Å². The Morgan fingerprint density at radius 1 is 1.06 bits per heavy atom. The Kier molecular flexibility index (Phi) is 2.29. The highest BCUT2D eigenvalue weighted by Gasteiger charge is 2.35. The Bertz CT molecular complexity index is 481. The van der Waals surface area contributed by atoms with Gasteiger partial charge in [0.2, 0.25) is 0 Å². The summed E-state index contributed by atoms with van der Waals surface area (Å²) in [5, 5.41) is 0.783. The molecule has 1 aliphatic heterocycles. The molecule has 0 saturated carbocycles. The van der Waals surface area contributed by atoms with Crippen LogP contribution in [-0.4, -0.2) is 11.5 Å². The van der Waals surface area contributed by atoms with Crippen molar-refractivity contribution < 1.29 is 0 Å². The highest BCUT2D eigenvalue weighted by molar-refractivity contribution is 6.30. The molecule has 1 aromatic heterocycles. The fourth-order valence-electron chi connectivity index (χ4n) is 1.93. The summed E-state index contributed by atoms with van der Waals surface area (Å²) in [5.74, 6) is 0. The average Bonchev–Trinajstić information content (AvgIpc) is 3.11. The first kappa shape index (κ1) is 9.67. The summed E-state index contributed by atoms with van der Waals surface area (Å²) < 4.78 is 0. The van der Waals surface area contributed by atoms with Gasteiger partial charge in [-0.25, -0.2) is 0 Å². The molecule has 2 nitrogen and oxygen atoms in total. The van der Waals surface area contributed by atoms with Crippen LogP contribution < -0.4 is 4.90 Å². The minimum Gasteiger partial charge on any atom is -0.360 e. The molecular formula is C13H11ClN2. The first-order valence-electron chi connectivity index (χ1n) is 5.27. The topological polar surface area (TPSA) is 15.9 Å². The first-order chi connectivity index (χ1) is 7.84. The van der Waals surface area contributed by atoms with Crippen LogP contribution in [0.5, 0.6) is 0 Å². The number of nitrogens with zero attached hydrogens (tertiary/aromatic N) is 2. The van der Waals surface area contributed by atoms with Crippen molar-refractivity contribution in [3.8, 4) is 0 Å². The highest BCUT2D eigenvalue weighted by Crippen LogP contribution is 2.39. The van der Waals surface area contributed by atoms with Gasteiger partial charge in [0.25, 0.3) is 0 Å². The summed E-state index contributed by atoms with van der Waals surface area (Å²) in [4.78, 5) is 6.37. The largest absolute Gasteiger partial charge is 0.360 e. The SMILES string of the molecule is Clc1ccc(N2C[C@H]2c2ccncc2)cc1. The third kappa shape index (κ3) is 1.76. The van der Waals surface area contributed by atoms with Crippen LogP contribution in [0.4, 0.5) is 5.69 Å². The minimum atomic E-state index is 0.504. The molecule has 1 aromatic carbocycles. The van der Waals surface area contributed by atoms with E-state index in [4.69, 9.17) is 11.6 Å². The molecule has 0 aliphatic carbocycles. The molecule has 3 rings (SSSR count). The van der Waals surface area contributed by atoms with Gasteiger partial charge < -0.3 is 4.90 Å². The van der Waals surface area contributed by atoms with Gasteiger partial charge in [-0.1, -0.05) is 11.6 Å². The average molecular weight is 231 g/mol. The smallest absolute Gasteiger partial charge is 0.0719 e. The predicted molar refractivity (Wildman–Crippen MR) is 65.8 cm³/mol. The maximum Gasteiger partial charge on any atom is 0.0719 e. The fourth-order valence-corrected chi connectivity index (χ4v) is 2.05. The van der Waals surface area contributed by atoms with Crippen LogP contribution in [-0.2, 0) is 0 Å². The lowest BCUT2D eigenvalue weighted by Crippen LogP contribution is -1.93. The zero-order chi connectivity index (χ0) is 11.0. The summed E-state index contributed by atoms with van der Waals surface area (Å²) in [7, 11) is 0. The van der Waals surface area contributed by atoms with Gasteiger partial charge in [0.15, 0.2) is 0 Å². The maximum atomic E-state index is 5.86. The summed E-state index contributed by atoms with van der Waals surface area (Å²) in [6, 6.07) is 12.6. The predicted octanol–water partition coefficient (Wildman–Crippen LogP) is 3.30. The van der Waals surface area contributed by atoms with Gasteiger partial charge in [0.05, 0.1) is 6.04 Å². The molecule has 80 valence electrons. The van der Waals surface area contributed by atoms with Crippen molar-refractivity contribution in [1.29, 1.82) is 0 Å². The van der Waals surface area contributed by atoms with E-state index < -0.39 is 0 Å². The molecule has 0 bridgehead atoms. The van der Waals surface area contributed by atoms with E-state index in [9.17, 15) is 0 Å². The summed E-state index contributed by atoms with van der Waals surface area (Å²) in [6.07, 6.45) is 3.68. The van der Waals surface area contributed by atoms with Crippen molar-refractivity contribution in [3.05, 3.63) is 59.4 Å². The third-order valence-electron chi connectivity index (χ3n) is 2.86. The molecule has 0 amide bonds. The number of hydrogen-bond donors (Lipinski definition) is 0. The Morgan fingerprint density at radius 3 is 2.44 bits per heavy atom. The number of hydrogen-bond acceptors (Lipinski definition) is 2. The van der Waals surface area contributed by atoms with Crippen LogP contribution in [0.3, 0.4) is 0 Å². The Hall–Kier alpha value is -1.54. The lowest BCUT2D eigenvalue weighted by molar-refractivity contribution is 1.11. The molecular weight excluding hydrogens is 220 g/mol. The summed E-state index contributed by atoms with van der Waals surface area (Å²) >= 11 is 5.86. The summed E-state index contributed by atoms with van der Waals surface area (Å²) in [6.45, 7) is 1.08. The van der Waals surface area contributed by atoms with Crippen LogP contribution in [0.2, 0.25) is 5.02 Å². The van der Waals surface area contributed by atoms with Crippen molar-refractivity contribution in [2.45, 2.75) is 6.04 Å². The molecule has 1 fully saturated rings. The van der Waals surface area contributed by atoms with E-state index in [1.807, 2.05) is 24.5 Å². The van der Waals surface area contributed by atoms with Gasteiger partial charge in [-0.05, 0) is 42.0 Å². The van der Waals surface area contributed by atoms with E-state index in [2.05, 4.69) is 34.1 Å². The van der Waals surface area contributed by atoms with E-state index in [1.54, 1.807) is 0 Å². The molecule has 3 heteroatoms. The quantitative estimate of drug-likeness (QED) is 0.736. The maximum absolute atomic E-state index is 5.86. The number of rotatable bonds is 2. The molecule has 0 unspecified atom stereocenters.